The molecule has 0 aliphatic rings. The van der Waals surface area contributed by atoms with Gasteiger partial charge in [-0.3, -0.25) is 4.79 Å². The molecule has 0 spiro atoms. The van der Waals surface area contributed by atoms with Gasteiger partial charge in [0.15, 0.2) is 0 Å². The summed E-state index contributed by atoms with van der Waals surface area (Å²) in [6, 6.07) is 7.28. The summed E-state index contributed by atoms with van der Waals surface area (Å²) in [7, 11) is 0. The molecule has 0 amide bonds. The second-order valence-electron chi connectivity index (χ2n) is 4.00. The zero-order valence-electron chi connectivity index (χ0n) is 10.0. The van der Waals surface area contributed by atoms with E-state index in [2.05, 4.69) is 6.92 Å². The van der Waals surface area contributed by atoms with Crippen molar-refractivity contribution < 1.29 is 9.90 Å². The molecule has 0 saturated carbocycles. The van der Waals surface area contributed by atoms with Crippen molar-refractivity contribution in [1.82, 2.24) is 0 Å². The van der Waals surface area contributed by atoms with Gasteiger partial charge in [-0.2, -0.15) is 0 Å². The van der Waals surface area contributed by atoms with E-state index in [9.17, 15) is 4.79 Å². The van der Waals surface area contributed by atoms with Crippen LogP contribution in [0.2, 0.25) is 5.02 Å². The molecule has 0 heterocycles. The number of hydrogen-bond acceptors (Lipinski definition) is 2. The molecule has 1 rings (SSSR count). The Morgan fingerprint density at radius 1 is 1.29 bits per heavy atom. The van der Waals surface area contributed by atoms with Gasteiger partial charge in [0.1, 0.15) is 6.54 Å². The zero-order chi connectivity index (χ0) is 12.7. The van der Waals surface area contributed by atoms with E-state index in [1.54, 1.807) is 12.1 Å². The Morgan fingerprint density at radius 3 is 2.47 bits per heavy atom. The highest BCUT2D eigenvalue weighted by atomic mass is 35.5. The molecule has 1 N–H and O–H groups in total. The van der Waals surface area contributed by atoms with E-state index in [0.29, 0.717) is 5.02 Å². The zero-order valence-corrected chi connectivity index (χ0v) is 10.8. The molecule has 4 heteroatoms. The van der Waals surface area contributed by atoms with Crippen LogP contribution in [-0.2, 0) is 4.79 Å². The van der Waals surface area contributed by atoms with Crippen LogP contribution < -0.4 is 4.90 Å². The maximum atomic E-state index is 10.8. The van der Waals surface area contributed by atoms with Gasteiger partial charge >= 0.3 is 5.97 Å². The van der Waals surface area contributed by atoms with Crippen molar-refractivity contribution in [1.29, 1.82) is 0 Å². The maximum Gasteiger partial charge on any atom is 0.323 e. The molecule has 3 nitrogen and oxygen atoms in total. The highest BCUT2D eigenvalue weighted by molar-refractivity contribution is 6.30. The molecule has 0 aromatic heterocycles. The number of unbranched alkanes of at least 4 members (excludes halogenated alkanes) is 2. The second kappa shape index (κ2) is 7.17. The first kappa shape index (κ1) is 13.8. The number of anilines is 1. The Labute approximate surface area is 107 Å². The standard InChI is InChI=1S/C13H18ClNO2/c1-2-3-4-9-15(10-13(16)17)12-7-5-11(14)6-8-12/h5-8H,2-4,9-10H2,1H3,(H,16,17). The number of hydrogen-bond donors (Lipinski definition) is 1. The largest absolute Gasteiger partial charge is 0.480 e. The summed E-state index contributed by atoms with van der Waals surface area (Å²) in [5.41, 5.74) is 0.910. The molecular formula is C13H18ClNO2. The number of aliphatic carboxylic acids is 1. The minimum Gasteiger partial charge on any atom is -0.480 e. The monoisotopic (exact) mass is 255 g/mol. The van der Waals surface area contributed by atoms with Crippen molar-refractivity contribution in [2.24, 2.45) is 0 Å². The van der Waals surface area contributed by atoms with Gasteiger partial charge in [0.25, 0.3) is 0 Å². The molecule has 0 saturated heterocycles. The van der Waals surface area contributed by atoms with Crippen molar-refractivity contribution in [3.63, 3.8) is 0 Å². The molecule has 1 aromatic carbocycles. The molecule has 0 radical (unpaired) electrons. The number of nitrogens with zero attached hydrogens (tertiary/aromatic N) is 1. The number of carboxylic acid groups (broad SMARTS) is 1. The SMILES string of the molecule is CCCCCN(CC(=O)O)c1ccc(Cl)cc1. The van der Waals surface area contributed by atoms with Crippen LogP contribution in [0.3, 0.4) is 0 Å². The summed E-state index contributed by atoms with van der Waals surface area (Å²) in [5.74, 6) is -0.809. The fourth-order valence-corrected chi connectivity index (χ4v) is 1.79. The van der Waals surface area contributed by atoms with E-state index >= 15 is 0 Å². The van der Waals surface area contributed by atoms with Crippen molar-refractivity contribution in [3.8, 4) is 0 Å². The first-order valence-corrected chi connectivity index (χ1v) is 6.23. The van der Waals surface area contributed by atoms with Crippen molar-refractivity contribution in [3.05, 3.63) is 29.3 Å². The number of carboxylic acids is 1. The van der Waals surface area contributed by atoms with E-state index in [4.69, 9.17) is 16.7 Å². The van der Waals surface area contributed by atoms with Crippen LogP contribution >= 0.6 is 11.6 Å². The molecule has 94 valence electrons. The average Bonchev–Trinajstić information content (AvgIpc) is 2.28. The summed E-state index contributed by atoms with van der Waals surface area (Å²) < 4.78 is 0. The van der Waals surface area contributed by atoms with Gasteiger partial charge in [-0.25, -0.2) is 0 Å². The fraction of sp³-hybridized carbons (Fsp3) is 0.462. The van der Waals surface area contributed by atoms with E-state index in [1.165, 1.54) is 0 Å². The fourth-order valence-electron chi connectivity index (χ4n) is 1.67. The first-order valence-electron chi connectivity index (χ1n) is 5.85. The molecule has 0 fully saturated rings. The van der Waals surface area contributed by atoms with Crippen LogP contribution in [0.15, 0.2) is 24.3 Å². The lowest BCUT2D eigenvalue weighted by Gasteiger charge is -2.22. The molecule has 0 unspecified atom stereocenters. The summed E-state index contributed by atoms with van der Waals surface area (Å²) in [6.45, 7) is 2.93. The topological polar surface area (TPSA) is 40.5 Å². The highest BCUT2D eigenvalue weighted by Gasteiger charge is 2.09. The van der Waals surface area contributed by atoms with Crippen LogP contribution in [0.1, 0.15) is 26.2 Å². The molecule has 1 aromatic rings. The first-order chi connectivity index (χ1) is 8.13. The van der Waals surface area contributed by atoms with Crippen LogP contribution in [0.25, 0.3) is 0 Å². The Bertz CT molecular complexity index is 351. The Hall–Kier alpha value is -1.22. The highest BCUT2D eigenvalue weighted by Crippen LogP contribution is 2.18. The summed E-state index contributed by atoms with van der Waals surface area (Å²) in [5, 5.41) is 9.55. The van der Waals surface area contributed by atoms with Gasteiger partial charge in [0.2, 0.25) is 0 Å². The summed E-state index contributed by atoms with van der Waals surface area (Å²) >= 11 is 5.81. The Kier molecular flexibility index (Phi) is 5.84. The number of halogens is 1. The van der Waals surface area contributed by atoms with Crippen LogP contribution in [0, 0.1) is 0 Å². The quantitative estimate of drug-likeness (QED) is 0.759. The lowest BCUT2D eigenvalue weighted by atomic mass is 10.2. The van der Waals surface area contributed by atoms with E-state index < -0.39 is 5.97 Å². The average molecular weight is 256 g/mol. The number of rotatable bonds is 7. The minimum absolute atomic E-state index is 0.0331. The third-order valence-corrected chi connectivity index (χ3v) is 2.80. The smallest absolute Gasteiger partial charge is 0.323 e. The van der Waals surface area contributed by atoms with Gasteiger partial charge in [-0.05, 0) is 30.7 Å². The van der Waals surface area contributed by atoms with Gasteiger partial charge in [-0.15, -0.1) is 0 Å². The number of carbonyl (C=O) groups is 1. The second-order valence-corrected chi connectivity index (χ2v) is 4.44. The van der Waals surface area contributed by atoms with Crippen LogP contribution in [-0.4, -0.2) is 24.2 Å². The maximum absolute atomic E-state index is 10.8. The van der Waals surface area contributed by atoms with Gasteiger partial charge in [-0.1, -0.05) is 31.4 Å². The lowest BCUT2D eigenvalue weighted by molar-refractivity contribution is -0.135. The van der Waals surface area contributed by atoms with Crippen molar-refractivity contribution in [2.75, 3.05) is 18.0 Å². The van der Waals surface area contributed by atoms with Gasteiger partial charge < -0.3 is 10.0 Å². The Morgan fingerprint density at radius 2 is 1.94 bits per heavy atom. The molecular weight excluding hydrogens is 238 g/mol. The summed E-state index contributed by atoms with van der Waals surface area (Å²) in [4.78, 5) is 12.7. The van der Waals surface area contributed by atoms with E-state index in [-0.39, 0.29) is 6.54 Å². The normalized spacial score (nSPS) is 10.2. The van der Waals surface area contributed by atoms with Crippen molar-refractivity contribution in [2.45, 2.75) is 26.2 Å². The van der Waals surface area contributed by atoms with Crippen LogP contribution in [0.5, 0.6) is 0 Å². The van der Waals surface area contributed by atoms with Crippen molar-refractivity contribution >= 4 is 23.3 Å². The predicted octanol–water partition coefficient (Wildman–Crippen LogP) is 3.42. The molecule has 17 heavy (non-hydrogen) atoms. The number of benzene rings is 1. The molecule has 0 aliphatic carbocycles. The Balaban J connectivity index is 2.67. The molecule has 0 bridgehead atoms. The van der Waals surface area contributed by atoms with Gasteiger partial charge in [0, 0.05) is 17.3 Å². The molecule has 0 atom stereocenters. The third kappa shape index (κ3) is 5.09. The lowest BCUT2D eigenvalue weighted by Crippen LogP contribution is -2.30. The predicted molar refractivity (Wildman–Crippen MR) is 70.8 cm³/mol. The third-order valence-electron chi connectivity index (χ3n) is 2.55. The van der Waals surface area contributed by atoms with E-state index in [1.807, 2.05) is 17.0 Å². The van der Waals surface area contributed by atoms with E-state index in [0.717, 1.165) is 31.5 Å². The van der Waals surface area contributed by atoms with Gasteiger partial charge in [0.05, 0.1) is 0 Å². The summed E-state index contributed by atoms with van der Waals surface area (Å²) in [6.07, 6.45) is 3.25. The molecule has 0 aliphatic heterocycles. The minimum atomic E-state index is -0.809. The van der Waals surface area contributed by atoms with Crippen LogP contribution in [0.4, 0.5) is 5.69 Å².